The summed E-state index contributed by atoms with van der Waals surface area (Å²) in [5, 5.41) is 2.87. The Balaban J connectivity index is 2.03. The summed E-state index contributed by atoms with van der Waals surface area (Å²) in [4.78, 5) is 11.6. The Labute approximate surface area is 126 Å². The summed E-state index contributed by atoms with van der Waals surface area (Å²) in [6.07, 6.45) is 2.47. The van der Waals surface area contributed by atoms with Gasteiger partial charge in [0.25, 0.3) is 0 Å². The molecule has 1 aromatic rings. The first-order chi connectivity index (χ1) is 10.1. The van der Waals surface area contributed by atoms with Gasteiger partial charge in [-0.25, -0.2) is 0 Å². The normalized spacial score (nSPS) is 10.6. The predicted molar refractivity (Wildman–Crippen MR) is 84.3 cm³/mol. The van der Waals surface area contributed by atoms with Gasteiger partial charge in [-0.05, 0) is 38.8 Å². The average Bonchev–Trinajstić information content (AvgIpc) is 2.44. The molecular weight excluding hydrogens is 268 g/mol. The van der Waals surface area contributed by atoms with Crippen molar-refractivity contribution in [2.24, 2.45) is 0 Å². The number of benzene rings is 1. The second-order valence-corrected chi connectivity index (χ2v) is 5.11. The lowest BCUT2D eigenvalue weighted by Crippen LogP contribution is -2.26. The van der Waals surface area contributed by atoms with Crippen molar-refractivity contribution in [3.63, 3.8) is 0 Å². The maximum absolute atomic E-state index is 11.6. The maximum atomic E-state index is 11.6. The molecule has 0 bridgehead atoms. The molecule has 5 heteroatoms. The first-order valence-electron chi connectivity index (χ1n) is 7.45. The van der Waals surface area contributed by atoms with Crippen molar-refractivity contribution in [3.05, 3.63) is 24.3 Å². The Bertz CT molecular complexity index is 422. The van der Waals surface area contributed by atoms with E-state index in [1.807, 2.05) is 26.0 Å². The van der Waals surface area contributed by atoms with Gasteiger partial charge in [0.1, 0.15) is 5.75 Å². The summed E-state index contributed by atoms with van der Waals surface area (Å²) in [5.74, 6) is 0.616. The van der Waals surface area contributed by atoms with E-state index in [9.17, 15) is 4.79 Å². The third-order valence-corrected chi connectivity index (χ3v) is 2.85. The van der Waals surface area contributed by atoms with E-state index < -0.39 is 0 Å². The SMILES string of the molecule is CC(C)OCCCCNC(=O)CCOc1ccccc1N. The molecule has 0 aliphatic heterocycles. The molecule has 0 aliphatic carbocycles. The van der Waals surface area contributed by atoms with Crippen LogP contribution in [0.3, 0.4) is 0 Å². The third-order valence-electron chi connectivity index (χ3n) is 2.85. The van der Waals surface area contributed by atoms with E-state index in [2.05, 4.69) is 5.32 Å². The Morgan fingerprint density at radius 3 is 2.71 bits per heavy atom. The topological polar surface area (TPSA) is 73.6 Å². The summed E-state index contributed by atoms with van der Waals surface area (Å²) in [7, 11) is 0. The highest BCUT2D eigenvalue weighted by Crippen LogP contribution is 2.19. The van der Waals surface area contributed by atoms with Crippen LogP contribution in [-0.4, -0.2) is 31.8 Å². The van der Waals surface area contributed by atoms with Crippen LogP contribution in [0, 0.1) is 0 Å². The third kappa shape index (κ3) is 8.19. The molecular formula is C16H26N2O3. The van der Waals surface area contributed by atoms with E-state index in [1.165, 1.54) is 0 Å². The van der Waals surface area contributed by atoms with Crippen LogP contribution in [0.4, 0.5) is 5.69 Å². The largest absolute Gasteiger partial charge is 0.491 e. The van der Waals surface area contributed by atoms with Crippen molar-refractivity contribution in [2.75, 3.05) is 25.5 Å². The van der Waals surface area contributed by atoms with Gasteiger partial charge in [0, 0.05) is 13.2 Å². The second kappa shape index (κ2) is 10.0. The number of carbonyl (C=O) groups excluding carboxylic acids is 1. The Morgan fingerprint density at radius 2 is 2.00 bits per heavy atom. The van der Waals surface area contributed by atoms with Crippen molar-refractivity contribution in [1.82, 2.24) is 5.32 Å². The minimum atomic E-state index is -0.00530. The highest BCUT2D eigenvalue weighted by molar-refractivity contribution is 5.75. The first kappa shape index (κ1) is 17.3. The second-order valence-electron chi connectivity index (χ2n) is 5.11. The van der Waals surface area contributed by atoms with Crippen LogP contribution in [-0.2, 0) is 9.53 Å². The van der Waals surface area contributed by atoms with E-state index in [0.717, 1.165) is 19.4 Å². The number of hydrogen-bond donors (Lipinski definition) is 2. The van der Waals surface area contributed by atoms with Crippen molar-refractivity contribution in [3.8, 4) is 5.75 Å². The number of rotatable bonds is 10. The fraction of sp³-hybridized carbons (Fsp3) is 0.562. The Kier molecular flexibility index (Phi) is 8.28. The van der Waals surface area contributed by atoms with Gasteiger partial charge in [-0.2, -0.15) is 0 Å². The number of anilines is 1. The molecule has 0 fully saturated rings. The van der Waals surface area contributed by atoms with Crippen LogP contribution in [0.25, 0.3) is 0 Å². The Morgan fingerprint density at radius 1 is 1.24 bits per heavy atom. The zero-order valence-corrected chi connectivity index (χ0v) is 12.9. The lowest BCUT2D eigenvalue weighted by atomic mass is 10.3. The molecule has 5 nitrogen and oxygen atoms in total. The molecule has 1 rings (SSSR count). The standard InChI is InChI=1S/C16H26N2O3/c1-13(2)20-11-6-5-10-18-16(19)9-12-21-15-8-4-3-7-14(15)17/h3-4,7-8,13H,5-6,9-12,17H2,1-2H3,(H,18,19). The number of nitrogens with two attached hydrogens (primary N) is 1. The van der Waals surface area contributed by atoms with Gasteiger partial charge in [0.2, 0.25) is 5.91 Å². The molecule has 21 heavy (non-hydrogen) atoms. The lowest BCUT2D eigenvalue weighted by molar-refractivity contribution is -0.121. The highest BCUT2D eigenvalue weighted by Gasteiger charge is 2.03. The van der Waals surface area contributed by atoms with Gasteiger partial charge in [0.05, 0.1) is 24.8 Å². The molecule has 0 spiro atoms. The van der Waals surface area contributed by atoms with Gasteiger partial charge in [-0.3, -0.25) is 4.79 Å². The fourth-order valence-corrected chi connectivity index (χ4v) is 1.73. The van der Waals surface area contributed by atoms with E-state index in [-0.39, 0.29) is 12.0 Å². The minimum Gasteiger partial charge on any atom is -0.491 e. The number of unbranched alkanes of at least 4 members (excludes halogenated alkanes) is 1. The quantitative estimate of drug-likeness (QED) is 0.513. The molecule has 118 valence electrons. The van der Waals surface area contributed by atoms with E-state index in [1.54, 1.807) is 12.1 Å². The molecule has 0 aromatic heterocycles. The summed E-state index contributed by atoms with van der Waals surface area (Å²) >= 11 is 0. The van der Waals surface area contributed by atoms with Crippen LogP contribution >= 0.6 is 0 Å². The van der Waals surface area contributed by atoms with Crippen molar-refractivity contribution in [1.29, 1.82) is 0 Å². The summed E-state index contributed by atoms with van der Waals surface area (Å²) in [6, 6.07) is 7.26. The number of ether oxygens (including phenoxy) is 2. The molecule has 0 saturated heterocycles. The van der Waals surface area contributed by atoms with E-state index in [4.69, 9.17) is 15.2 Å². The monoisotopic (exact) mass is 294 g/mol. The molecule has 0 unspecified atom stereocenters. The minimum absolute atomic E-state index is 0.00530. The highest BCUT2D eigenvalue weighted by atomic mass is 16.5. The molecule has 0 atom stereocenters. The molecule has 1 amide bonds. The Hall–Kier alpha value is -1.75. The lowest BCUT2D eigenvalue weighted by Gasteiger charge is -2.09. The van der Waals surface area contributed by atoms with Crippen LogP contribution in [0.15, 0.2) is 24.3 Å². The van der Waals surface area contributed by atoms with Gasteiger partial charge >= 0.3 is 0 Å². The molecule has 0 heterocycles. The van der Waals surface area contributed by atoms with Gasteiger partial charge < -0.3 is 20.5 Å². The molecule has 3 N–H and O–H groups in total. The van der Waals surface area contributed by atoms with Crippen molar-refractivity contribution < 1.29 is 14.3 Å². The van der Waals surface area contributed by atoms with Crippen molar-refractivity contribution >= 4 is 11.6 Å². The molecule has 0 saturated carbocycles. The number of nitrogens with one attached hydrogen (secondary N) is 1. The zero-order valence-electron chi connectivity index (χ0n) is 12.9. The summed E-state index contributed by atoms with van der Waals surface area (Å²) in [6.45, 7) is 5.77. The maximum Gasteiger partial charge on any atom is 0.223 e. The number of hydrogen-bond acceptors (Lipinski definition) is 4. The zero-order chi connectivity index (χ0) is 15.5. The molecule has 0 radical (unpaired) electrons. The van der Waals surface area contributed by atoms with Crippen LogP contribution < -0.4 is 15.8 Å². The van der Waals surface area contributed by atoms with Gasteiger partial charge in [-0.15, -0.1) is 0 Å². The number of para-hydroxylation sites is 2. The van der Waals surface area contributed by atoms with E-state index in [0.29, 0.717) is 31.0 Å². The summed E-state index contributed by atoms with van der Waals surface area (Å²) in [5.41, 5.74) is 6.33. The number of nitrogen functional groups attached to an aromatic ring is 1. The smallest absolute Gasteiger partial charge is 0.223 e. The average molecular weight is 294 g/mol. The van der Waals surface area contributed by atoms with Gasteiger partial charge in [-0.1, -0.05) is 12.1 Å². The fourth-order valence-electron chi connectivity index (χ4n) is 1.73. The van der Waals surface area contributed by atoms with Crippen LogP contribution in [0.1, 0.15) is 33.1 Å². The first-order valence-corrected chi connectivity index (χ1v) is 7.45. The van der Waals surface area contributed by atoms with E-state index >= 15 is 0 Å². The summed E-state index contributed by atoms with van der Waals surface area (Å²) < 4.78 is 10.9. The van der Waals surface area contributed by atoms with Crippen molar-refractivity contribution in [2.45, 2.75) is 39.2 Å². The van der Waals surface area contributed by atoms with Crippen LogP contribution in [0.5, 0.6) is 5.75 Å². The predicted octanol–water partition coefficient (Wildman–Crippen LogP) is 2.36. The number of amides is 1. The molecule has 1 aromatic carbocycles. The van der Waals surface area contributed by atoms with Crippen LogP contribution in [0.2, 0.25) is 0 Å². The number of carbonyl (C=O) groups is 1. The van der Waals surface area contributed by atoms with Gasteiger partial charge in [0.15, 0.2) is 0 Å². The molecule has 0 aliphatic rings.